The van der Waals surface area contributed by atoms with Crippen molar-refractivity contribution in [1.82, 2.24) is 0 Å². The lowest BCUT2D eigenvalue weighted by molar-refractivity contribution is -0.126. The van der Waals surface area contributed by atoms with E-state index in [9.17, 15) is 0 Å². The Hall–Kier alpha value is -2.44. The predicted octanol–water partition coefficient (Wildman–Crippen LogP) is 3.23. The van der Waals surface area contributed by atoms with Crippen molar-refractivity contribution in [2.75, 3.05) is 7.11 Å². The molecule has 0 aliphatic carbocycles. The fraction of sp³-hybridized carbons (Fsp3) is 0.0500. The van der Waals surface area contributed by atoms with E-state index in [0.29, 0.717) is 6.47 Å². The molecule has 0 fully saturated rings. The maximum Gasteiger partial charge on any atom is 0.292 e. The topological polar surface area (TPSA) is 26.3 Å². The molecule has 0 spiro atoms. The van der Waals surface area contributed by atoms with Crippen molar-refractivity contribution in [3.8, 4) is 0 Å². The summed E-state index contributed by atoms with van der Waals surface area (Å²) in [5.41, 5.74) is 0. The Morgan fingerprint density at radius 1 is 0.652 bits per heavy atom. The third kappa shape index (κ3) is 5.05. The molecule has 0 amide bonds. The van der Waals surface area contributed by atoms with Gasteiger partial charge in [-0.05, 0) is 23.8 Å². The van der Waals surface area contributed by atoms with Gasteiger partial charge >= 0.3 is 0 Å². The van der Waals surface area contributed by atoms with Gasteiger partial charge in [0.25, 0.3) is 6.47 Å². The van der Waals surface area contributed by atoms with Crippen molar-refractivity contribution in [1.29, 1.82) is 0 Å². The van der Waals surface area contributed by atoms with E-state index in [2.05, 4.69) is 95.7 Å². The molecule has 0 aromatic heterocycles. The smallest absolute Gasteiger partial charge is 0.292 e. The van der Waals surface area contributed by atoms with Crippen LogP contribution in [0.4, 0.5) is 0 Å². The summed E-state index contributed by atoms with van der Waals surface area (Å²) >= 11 is 0. The van der Waals surface area contributed by atoms with Gasteiger partial charge in [-0.25, -0.2) is 0 Å². The second-order valence-electron chi connectivity index (χ2n) is 4.67. The zero-order valence-electron chi connectivity index (χ0n) is 13.0. The van der Waals surface area contributed by atoms with Crippen LogP contribution in [0.5, 0.6) is 0 Å². The third-order valence-corrected chi connectivity index (χ3v) is 5.58. The van der Waals surface area contributed by atoms with Crippen LogP contribution in [0.1, 0.15) is 0 Å². The SMILES string of the molecule is COC=O.c1ccc(P(c2ccccc2)c2ccccc2)cc1. The van der Waals surface area contributed by atoms with Crippen LogP contribution in [0.2, 0.25) is 0 Å². The van der Waals surface area contributed by atoms with Gasteiger partial charge in [0.15, 0.2) is 0 Å². The molecule has 2 nitrogen and oxygen atoms in total. The van der Waals surface area contributed by atoms with Gasteiger partial charge in [-0.3, -0.25) is 4.79 Å². The van der Waals surface area contributed by atoms with Crippen molar-refractivity contribution in [3.63, 3.8) is 0 Å². The highest BCUT2D eigenvalue weighted by molar-refractivity contribution is 7.79. The molecule has 0 unspecified atom stereocenters. The van der Waals surface area contributed by atoms with Gasteiger partial charge in [0.05, 0.1) is 7.11 Å². The second-order valence-corrected chi connectivity index (χ2v) is 6.89. The van der Waals surface area contributed by atoms with Crippen LogP contribution in [-0.2, 0) is 9.53 Å². The first-order valence-corrected chi connectivity index (χ1v) is 8.62. The molecule has 3 aromatic carbocycles. The first kappa shape index (κ1) is 16.9. The Labute approximate surface area is 138 Å². The summed E-state index contributed by atoms with van der Waals surface area (Å²) in [5, 5.41) is 4.19. The molecule has 0 bridgehead atoms. The minimum absolute atomic E-state index is 0.375. The first-order chi connectivity index (χ1) is 11.4. The van der Waals surface area contributed by atoms with Crippen molar-refractivity contribution >= 4 is 30.3 Å². The number of benzene rings is 3. The molecular formula is C20H19O2P. The maximum absolute atomic E-state index is 8.95. The largest absolute Gasteiger partial charge is 0.471 e. The minimum Gasteiger partial charge on any atom is -0.471 e. The number of ether oxygens (including phenoxy) is 1. The van der Waals surface area contributed by atoms with Crippen LogP contribution in [0.3, 0.4) is 0 Å². The Kier molecular flexibility index (Phi) is 7.03. The minimum atomic E-state index is -0.446. The lowest BCUT2D eigenvalue weighted by Gasteiger charge is -2.18. The van der Waals surface area contributed by atoms with Crippen molar-refractivity contribution in [3.05, 3.63) is 91.0 Å². The Morgan fingerprint density at radius 3 is 1.13 bits per heavy atom. The van der Waals surface area contributed by atoms with E-state index in [1.54, 1.807) is 0 Å². The monoisotopic (exact) mass is 322 g/mol. The van der Waals surface area contributed by atoms with E-state index < -0.39 is 7.92 Å². The van der Waals surface area contributed by atoms with Crippen molar-refractivity contribution < 1.29 is 9.53 Å². The van der Waals surface area contributed by atoms with Crippen LogP contribution >= 0.6 is 7.92 Å². The highest BCUT2D eigenvalue weighted by Crippen LogP contribution is 2.32. The molecule has 3 rings (SSSR count). The van der Waals surface area contributed by atoms with Gasteiger partial charge in [0.1, 0.15) is 0 Å². The maximum atomic E-state index is 8.95. The molecule has 0 saturated carbocycles. The highest BCUT2D eigenvalue weighted by Gasteiger charge is 2.14. The molecule has 3 heteroatoms. The number of hydrogen-bond acceptors (Lipinski definition) is 2. The summed E-state index contributed by atoms with van der Waals surface area (Å²) in [6.07, 6.45) is 0. The van der Waals surface area contributed by atoms with Gasteiger partial charge in [0, 0.05) is 0 Å². The van der Waals surface area contributed by atoms with Crippen LogP contribution in [0.15, 0.2) is 91.0 Å². The van der Waals surface area contributed by atoms with E-state index >= 15 is 0 Å². The zero-order chi connectivity index (χ0) is 16.3. The third-order valence-electron chi connectivity index (χ3n) is 3.14. The van der Waals surface area contributed by atoms with E-state index in [1.807, 2.05) is 0 Å². The Morgan fingerprint density at radius 2 is 0.913 bits per heavy atom. The van der Waals surface area contributed by atoms with E-state index in [-0.39, 0.29) is 0 Å². The van der Waals surface area contributed by atoms with Gasteiger partial charge in [-0.15, -0.1) is 0 Å². The fourth-order valence-corrected chi connectivity index (χ4v) is 4.48. The molecule has 0 N–H and O–H groups in total. The van der Waals surface area contributed by atoms with Crippen LogP contribution in [0, 0.1) is 0 Å². The van der Waals surface area contributed by atoms with Gasteiger partial charge in [0.2, 0.25) is 0 Å². The summed E-state index contributed by atoms with van der Waals surface area (Å²) in [7, 11) is 0.867. The summed E-state index contributed by atoms with van der Waals surface area (Å²) in [6, 6.07) is 32.3. The molecule has 116 valence electrons. The van der Waals surface area contributed by atoms with Crippen LogP contribution in [0.25, 0.3) is 0 Å². The van der Waals surface area contributed by atoms with E-state index in [1.165, 1.54) is 23.0 Å². The average molecular weight is 322 g/mol. The summed E-state index contributed by atoms with van der Waals surface area (Å²) in [5.74, 6) is 0. The quantitative estimate of drug-likeness (QED) is 0.544. The van der Waals surface area contributed by atoms with Gasteiger partial charge < -0.3 is 4.74 Å². The molecule has 0 atom stereocenters. The molecule has 0 saturated heterocycles. The molecular weight excluding hydrogens is 303 g/mol. The van der Waals surface area contributed by atoms with Gasteiger partial charge in [-0.1, -0.05) is 91.0 Å². The van der Waals surface area contributed by atoms with Crippen LogP contribution < -0.4 is 15.9 Å². The second kappa shape index (κ2) is 9.55. The number of hydrogen-bond donors (Lipinski definition) is 0. The lowest BCUT2D eigenvalue weighted by Crippen LogP contribution is -2.20. The molecule has 23 heavy (non-hydrogen) atoms. The van der Waals surface area contributed by atoms with Crippen LogP contribution in [-0.4, -0.2) is 13.6 Å². The standard InChI is InChI=1S/C18H15P.C2H4O2/c1-4-10-16(11-5-1)19(17-12-6-2-7-13-17)18-14-8-3-9-15-18;1-4-2-3/h1-15H;2H,1H3. The van der Waals surface area contributed by atoms with Crippen molar-refractivity contribution in [2.45, 2.75) is 0 Å². The predicted molar refractivity (Wildman–Crippen MR) is 98.2 cm³/mol. The summed E-state index contributed by atoms with van der Waals surface area (Å²) in [4.78, 5) is 8.95. The number of carbonyl (C=O) groups is 1. The molecule has 0 aliphatic rings. The molecule has 0 aliphatic heterocycles. The molecule has 3 aromatic rings. The highest BCUT2D eigenvalue weighted by atomic mass is 31.1. The number of carbonyl (C=O) groups excluding carboxylic acids is 1. The fourth-order valence-electron chi connectivity index (χ4n) is 2.18. The summed E-state index contributed by atoms with van der Waals surface area (Å²) < 4.78 is 3.86. The molecule has 0 radical (unpaired) electrons. The Balaban J connectivity index is 0.000000433. The summed E-state index contributed by atoms with van der Waals surface area (Å²) in [6.45, 7) is 0.375. The van der Waals surface area contributed by atoms with Crippen molar-refractivity contribution in [2.24, 2.45) is 0 Å². The lowest BCUT2D eigenvalue weighted by atomic mass is 10.4. The van der Waals surface area contributed by atoms with Gasteiger partial charge in [-0.2, -0.15) is 0 Å². The zero-order valence-corrected chi connectivity index (χ0v) is 13.9. The molecule has 0 heterocycles. The van der Waals surface area contributed by atoms with E-state index in [0.717, 1.165) is 0 Å². The Bertz CT molecular complexity index is 591. The average Bonchev–Trinajstić information content (AvgIpc) is 2.65. The first-order valence-electron chi connectivity index (χ1n) is 7.28. The number of methoxy groups -OCH3 is 1. The van der Waals surface area contributed by atoms with E-state index in [4.69, 9.17) is 4.79 Å². The number of rotatable bonds is 4. The normalized spacial score (nSPS) is 9.65.